The number of carbonyl (C=O) groups is 1. The molecule has 0 saturated carbocycles. The summed E-state index contributed by atoms with van der Waals surface area (Å²) in [7, 11) is 3.39. The Balaban J connectivity index is 1.72. The summed E-state index contributed by atoms with van der Waals surface area (Å²) in [5, 5.41) is 4.67. The maximum atomic E-state index is 12.8. The quantitative estimate of drug-likeness (QED) is 0.837. The number of rotatable bonds is 4. The number of methoxy groups -OCH3 is 1. The molecule has 1 aliphatic rings. The predicted molar refractivity (Wildman–Crippen MR) is 95.5 cm³/mol. The van der Waals surface area contributed by atoms with Crippen LogP contribution in [0.15, 0.2) is 24.3 Å². The summed E-state index contributed by atoms with van der Waals surface area (Å²) < 4.78 is 13.0. The molecule has 0 bridgehead atoms. The molecule has 0 N–H and O–H groups in total. The van der Waals surface area contributed by atoms with E-state index in [4.69, 9.17) is 21.1 Å². The molecule has 0 spiro atoms. The summed E-state index contributed by atoms with van der Waals surface area (Å²) >= 11 is 6.26. The number of para-hydroxylation sites is 2. The van der Waals surface area contributed by atoms with Gasteiger partial charge in [0.1, 0.15) is 6.10 Å². The first-order valence-corrected chi connectivity index (χ1v) is 8.67. The highest BCUT2D eigenvalue weighted by Gasteiger charge is 2.29. The van der Waals surface area contributed by atoms with Crippen LogP contribution in [0.5, 0.6) is 11.5 Å². The molecule has 2 heterocycles. The number of piperidine rings is 1. The first-order valence-electron chi connectivity index (χ1n) is 8.29. The third-order valence-electron chi connectivity index (χ3n) is 4.49. The summed E-state index contributed by atoms with van der Waals surface area (Å²) in [5.41, 5.74) is 1.09. The fourth-order valence-electron chi connectivity index (χ4n) is 2.98. The summed E-state index contributed by atoms with van der Waals surface area (Å²) in [4.78, 5) is 14.6. The summed E-state index contributed by atoms with van der Waals surface area (Å²) in [5.74, 6) is 1.23. The molecular weight excluding hydrogens is 342 g/mol. The van der Waals surface area contributed by atoms with E-state index in [1.54, 1.807) is 23.7 Å². The van der Waals surface area contributed by atoms with Crippen LogP contribution in [0, 0.1) is 6.92 Å². The van der Waals surface area contributed by atoms with E-state index in [-0.39, 0.29) is 12.0 Å². The van der Waals surface area contributed by atoms with Crippen molar-refractivity contribution in [2.45, 2.75) is 25.9 Å². The molecular formula is C18H22ClN3O3. The van der Waals surface area contributed by atoms with Gasteiger partial charge in [0.15, 0.2) is 17.2 Å². The van der Waals surface area contributed by atoms with E-state index in [9.17, 15) is 4.79 Å². The standard InChI is InChI=1S/C18H22ClN3O3/c1-12-16(19)17(20-21(12)2)18(23)22-10-6-7-13(11-22)25-15-9-5-4-8-14(15)24-3/h4-5,8-9,13H,6-7,10-11H2,1-3H3. The molecule has 1 aromatic heterocycles. The van der Waals surface area contributed by atoms with Crippen molar-refractivity contribution in [3.63, 3.8) is 0 Å². The first-order chi connectivity index (χ1) is 12.0. The number of aryl methyl sites for hydroxylation is 1. The van der Waals surface area contributed by atoms with E-state index >= 15 is 0 Å². The molecule has 0 radical (unpaired) electrons. The number of likely N-dealkylation sites (tertiary alicyclic amines) is 1. The van der Waals surface area contributed by atoms with E-state index < -0.39 is 0 Å². The molecule has 134 valence electrons. The Hall–Kier alpha value is -2.21. The van der Waals surface area contributed by atoms with E-state index in [1.165, 1.54) is 0 Å². The summed E-state index contributed by atoms with van der Waals surface area (Å²) in [6.45, 7) is 3.02. The van der Waals surface area contributed by atoms with Crippen LogP contribution in [0.25, 0.3) is 0 Å². The highest BCUT2D eigenvalue weighted by Crippen LogP contribution is 2.29. The van der Waals surface area contributed by atoms with Gasteiger partial charge in [-0.25, -0.2) is 0 Å². The Kier molecular flexibility index (Phi) is 5.18. The Labute approximate surface area is 152 Å². The number of ether oxygens (including phenoxy) is 2. The largest absolute Gasteiger partial charge is 0.493 e. The second-order valence-corrected chi connectivity index (χ2v) is 6.53. The zero-order valence-electron chi connectivity index (χ0n) is 14.7. The number of hydrogen-bond donors (Lipinski definition) is 0. The summed E-state index contributed by atoms with van der Waals surface area (Å²) in [6, 6.07) is 7.53. The van der Waals surface area contributed by atoms with Gasteiger partial charge in [-0.3, -0.25) is 9.48 Å². The van der Waals surface area contributed by atoms with Gasteiger partial charge in [0.2, 0.25) is 0 Å². The minimum atomic E-state index is -0.151. The van der Waals surface area contributed by atoms with Gasteiger partial charge in [-0.15, -0.1) is 0 Å². The lowest BCUT2D eigenvalue weighted by molar-refractivity contribution is 0.0526. The predicted octanol–water partition coefficient (Wildman–Crippen LogP) is 3.07. The van der Waals surface area contributed by atoms with Crippen molar-refractivity contribution in [1.29, 1.82) is 0 Å². The average molecular weight is 364 g/mol. The minimum Gasteiger partial charge on any atom is -0.493 e. The topological polar surface area (TPSA) is 56.6 Å². The lowest BCUT2D eigenvalue weighted by Crippen LogP contribution is -2.44. The Morgan fingerprint density at radius 2 is 2.04 bits per heavy atom. The van der Waals surface area contributed by atoms with Crippen LogP contribution in [-0.4, -0.2) is 46.9 Å². The second-order valence-electron chi connectivity index (χ2n) is 6.16. The smallest absolute Gasteiger partial charge is 0.276 e. The van der Waals surface area contributed by atoms with Crippen molar-refractivity contribution in [3.05, 3.63) is 40.7 Å². The highest BCUT2D eigenvalue weighted by atomic mass is 35.5. The molecule has 1 aliphatic heterocycles. The number of halogens is 1. The normalized spacial score (nSPS) is 17.4. The number of benzene rings is 1. The molecule has 7 heteroatoms. The monoisotopic (exact) mass is 363 g/mol. The molecule has 1 saturated heterocycles. The third kappa shape index (κ3) is 3.58. The van der Waals surface area contributed by atoms with Gasteiger partial charge in [-0.1, -0.05) is 23.7 Å². The van der Waals surface area contributed by atoms with Gasteiger partial charge >= 0.3 is 0 Å². The van der Waals surface area contributed by atoms with Crippen molar-refractivity contribution < 1.29 is 14.3 Å². The first kappa shape index (κ1) is 17.6. The molecule has 1 unspecified atom stereocenters. The molecule has 1 atom stereocenters. The van der Waals surface area contributed by atoms with Gasteiger partial charge in [-0.2, -0.15) is 5.10 Å². The lowest BCUT2D eigenvalue weighted by atomic mass is 10.1. The van der Waals surface area contributed by atoms with Crippen molar-refractivity contribution in [3.8, 4) is 11.5 Å². The third-order valence-corrected chi connectivity index (χ3v) is 4.94. The maximum absolute atomic E-state index is 12.8. The van der Waals surface area contributed by atoms with Crippen LogP contribution in [0.4, 0.5) is 0 Å². The molecule has 25 heavy (non-hydrogen) atoms. The van der Waals surface area contributed by atoms with E-state index in [0.717, 1.165) is 18.5 Å². The van der Waals surface area contributed by atoms with Gasteiger partial charge in [0.25, 0.3) is 5.91 Å². The van der Waals surface area contributed by atoms with Crippen molar-refractivity contribution in [1.82, 2.24) is 14.7 Å². The fourth-order valence-corrected chi connectivity index (χ4v) is 3.22. The zero-order chi connectivity index (χ0) is 18.0. The number of nitrogens with zero attached hydrogens (tertiary/aromatic N) is 3. The number of aromatic nitrogens is 2. The second kappa shape index (κ2) is 7.35. The van der Waals surface area contributed by atoms with Crippen LogP contribution < -0.4 is 9.47 Å². The van der Waals surface area contributed by atoms with Crippen molar-refractivity contribution in [2.24, 2.45) is 7.05 Å². The minimum absolute atomic E-state index is 0.0856. The SMILES string of the molecule is COc1ccccc1OC1CCCN(C(=O)c2nn(C)c(C)c2Cl)C1. The van der Waals surface area contributed by atoms with E-state index in [2.05, 4.69) is 5.10 Å². The van der Waals surface area contributed by atoms with Crippen LogP contribution in [-0.2, 0) is 7.05 Å². The Morgan fingerprint density at radius 3 is 2.68 bits per heavy atom. The number of carbonyl (C=O) groups excluding carboxylic acids is 1. The number of amides is 1. The molecule has 6 nitrogen and oxygen atoms in total. The molecule has 3 rings (SSSR count). The van der Waals surface area contributed by atoms with Gasteiger partial charge in [-0.05, 0) is 31.9 Å². The Morgan fingerprint density at radius 1 is 1.32 bits per heavy atom. The zero-order valence-corrected chi connectivity index (χ0v) is 15.4. The van der Waals surface area contributed by atoms with Crippen LogP contribution in [0.2, 0.25) is 5.02 Å². The van der Waals surface area contributed by atoms with Crippen molar-refractivity contribution in [2.75, 3.05) is 20.2 Å². The fraction of sp³-hybridized carbons (Fsp3) is 0.444. The number of hydrogen-bond acceptors (Lipinski definition) is 4. The molecule has 1 fully saturated rings. The van der Waals surface area contributed by atoms with Crippen LogP contribution in [0.3, 0.4) is 0 Å². The summed E-state index contributed by atoms with van der Waals surface area (Å²) in [6.07, 6.45) is 1.67. The Bertz CT molecular complexity index is 775. The molecule has 1 aromatic carbocycles. The maximum Gasteiger partial charge on any atom is 0.276 e. The lowest BCUT2D eigenvalue weighted by Gasteiger charge is -2.32. The molecule has 1 amide bonds. The molecule has 2 aromatic rings. The van der Waals surface area contributed by atoms with E-state index in [1.807, 2.05) is 31.2 Å². The van der Waals surface area contributed by atoms with Crippen LogP contribution >= 0.6 is 11.6 Å². The van der Waals surface area contributed by atoms with Crippen molar-refractivity contribution >= 4 is 17.5 Å². The van der Waals surface area contributed by atoms with Crippen LogP contribution in [0.1, 0.15) is 29.0 Å². The van der Waals surface area contributed by atoms with Gasteiger partial charge in [0, 0.05) is 13.6 Å². The van der Waals surface area contributed by atoms with E-state index in [0.29, 0.717) is 35.3 Å². The highest BCUT2D eigenvalue weighted by molar-refractivity contribution is 6.34. The van der Waals surface area contributed by atoms with Gasteiger partial charge < -0.3 is 14.4 Å². The molecule has 0 aliphatic carbocycles. The van der Waals surface area contributed by atoms with Gasteiger partial charge in [0.05, 0.1) is 24.4 Å². The average Bonchev–Trinajstić information content (AvgIpc) is 2.89.